The zero-order chi connectivity index (χ0) is 14.9. The zero-order valence-corrected chi connectivity index (χ0v) is 11.7. The van der Waals surface area contributed by atoms with Gasteiger partial charge in [-0.3, -0.25) is 10.1 Å². The summed E-state index contributed by atoms with van der Waals surface area (Å²) in [4.78, 5) is 11.5. The van der Waals surface area contributed by atoms with Gasteiger partial charge in [0.2, 0.25) is 5.91 Å². The lowest BCUT2D eigenvalue weighted by Gasteiger charge is -2.43. The summed E-state index contributed by atoms with van der Waals surface area (Å²) in [5.41, 5.74) is 4.23. The molecule has 0 heterocycles. The van der Waals surface area contributed by atoms with E-state index in [2.05, 4.69) is 26.1 Å². The smallest absolute Gasteiger partial charge is 0.368 e. The summed E-state index contributed by atoms with van der Waals surface area (Å²) in [5, 5.41) is 2.35. The number of nitrogens with one attached hydrogen (secondary N) is 1. The summed E-state index contributed by atoms with van der Waals surface area (Å²) in [6.45, 7) is 5.16. The molecule has 19 heavy (non-hydrogen) atoms. The minimum absolute atomic E-state index is 0.105. The highest BCUT2D eigenvalue weighted by molar-refractivity contribution is 5.84. The van der Waals surface area contributed by atoms with Crippen LogP contribution in [-0.2, 0) is 4.79 Å². The number of amides is 1. The van der Waals surface area contributed by atoms with Crippen molar-refractivity contribution in [3.05, 3.63) is 0 Å². The molecule has 0 unspecified atom stereocenters. The fourth-order valence-corrected chi connectivity index (χ4v) is 2.76. The molecule has 3 nitrogen and oxygen atoms in total. The number of hydrogen-bond acceptors (Lipinski definition) is 2. The first-order valence-corrected chi connectivity index (χ1v) is 6.58. The van der Waals surface area contributed by atoms with Crippen molar-refractivity contribution in [3.63, 3.8) is 0 Å². The van der Waals surface area contributed by atoms with Crippen LogP contribution in [0.1, 0.15) is 46.5 Å². The third-order valence-corrected chi connectivity index (χ3v) is 4.16. The van der Waals surface area contributed by atoms with Crippen LogP contribution < -0.4 is 11.1 Å². The Hall–Kier alpha value is -0.780. The maximum atomic E-state index is 12.3. The molecule has 0 radical (unpaired) electrons. The minimum Gasteiger partial charge on any atom is -0.368 e. The summed E-state index contributed by atoms with van der Waals surface area (Å²) >= 11 is 0. The molecule has 0 aromatic carbocycles. The fourth-order valence-electron chi connectivity index (χ4n) is 2.76. The first kappa shape index (κ1) is 16.3. The average Bonchev–Trinajstić information content (AvgIpc) is 2.24. The van der Waals surface area contributed by atoms with E-state index < -0.39 is 24.2 Å². The van der Waals surface area contributed by atoms with Crippen molar-refractivity contribution in [1.29, 1.82) is 0 Å². The topological polar surface area (TPSA) is 55.1 Å². The Balaban J connectivity index is 2.70. The molecule has 0 saturated heterocycles. The van der Waals surface area contributed by atoms with Crippen molar-refractivity contribution in [1.82, 2.24) is 5.32 Å². The predicted molar refractivity (Wildman–Crippen MR) is 67.4 cm³/mol. The molecular formula is C13H23F3N2O. The van der Waals surface area contributed by atoms with E-state index in [9.17, 15) is 18.0 Å². The highest BCUT2D eigenvalue weighted by Crippen LogP contribution is 2.41. The lowest BCUT2D eigenvalue weighted by Crippen LogP contribution is -2.59. The van der Waals surface area contributed by atoms with E-state index in [-0.39, 0.29) is 5.41 Å². The van der Waals surface area contributed by atoms with Gasteiger partial charge in [-0.2, -0.15) is 13.2 Å². The average molecular weight is 280 g/mol. The van der Waals surface area contributed by atoms with E-state index in [1.807, 2.05) is 0 Å². The molecule has 1 aliphatic rings. The van der Waals surface area contributed by atoms with Crippen LogP contribution in [0.2, 0.25) is 0 Å². The van der Waals surface area contributed by atoms with E-state index in [1.165, 1.54) is 0 Å². The predicted octanol–water partition coefficient (Wildman–Crippen LogP) is 2.60. The van der Waals surface area contributed by atoms with Crippen LogP contribution in [0, 0.1) is 11.3 Å². The summed E-state index contributed by atoms with van der Waals surface area (Å²) in [5.74, 6) is -0.267. The van der Waals surface area contributed by atoms with Crippen LogP contribution in [0.5, 0.6) is 0 Å². The molecule has 1 fully saturated rings. The third kappa shape index (κ3) is 4.37. The SMILES string of the molecule is CC(C)(C)C1CCC(NCC(F)(F)F)(C(N)=O)CC1. The molecule has 0 bridgehead atoms. The number of hydrogen-bond donors (Lipinski definition) is 2. The second-order valence-electron chi connectivity index (χ2n) is 6.56. The van der Waals surface area contributed by atoms with Crippen LogP contribution in [0.3, 0.4) is 0 Å². The molecule has 0 aromatic rings. The first-order valence-electron chi connectivity index (χ1n) is 6.58. The normalized spacial score (nSPS) is 29.3. The molecule has 0 aliphatic heterocycles. The Kier molecular flexibility index (Phi) is 4.55. The number of alkyl halides is 3. The number of primary amides is 1. The number of nitrogens with two attached hydrogens (primary N) is 1. The molecule has 1 rings (SSSR count). The van der Waals surface area contributed by atoms with Gasteiger partial charge in [-0.15, -0.1) is 0 Å². The van der Waals surface area contributed by atoms with Crippen molar-refractivity contribution < 1.29 is 18.0 Å². The molecule has 1 amide bonds. The lowest BCUT2D eigenvalue weighted by molar-refractivity contribution is -0.138. The summed E-state index contributed by atoms with van der Waals surface area (Å²) < 4.78 is 36.9. The third-order valence-electron chi connectivity index (χ3n) is 4.16. The number of halogens is 3. The second-order valence-corrected chi connectivity index (χ2v) is 6.56. The van der Waals surface area contributed by atoms with Gasteiger partial charge >= 0.3 is 6.18 Å². The quantitative estimate of drug-likeness (QED) is 0.835. The fraction of sp³-hybridized carbons (Fsp3) is 0.923. The monoisotopic (exact) mass is 280 g/mol. The van der Waals surface area contributed by atoms with Crippen LogP contribution >= 0.6 is 0 Å². The number of carbonyl (C=O) groups excluding carboxylic acids is 1. The van der Waals surface area contributed by atoms with Crippen LogP contribution in [0.4, 0.5) is 13.2 Å². The van der Waals surface area contributed by atoms with Crippen LogP contribution in [0.25, 0.3) is 0 Å². The molecular weight excluding hydrogens is 257 g/mol. The van der Waals surface area contributed by atoms with Crippen molar-refractivity contribution in [2.45, 2.75) is 58.2 Å². The van der Waals surface area contributed by atoms with E-state index in [0.717, 1.165) is 12.8 Å². The van der Waals surface area contributed by atoms with Gasteiger partial charge in [-0.1, -0.05) is 20.8 Å². The Morgan fingerprint density at radius 1 is 1.26 bits per heavy atom. The summed E-state index contributed by atoms with van der Waals surface area (Å²) in [7, 11) is 0. The second kappa shape index (κ2) is 5.31. The molecule has 0 atom stereocenters. The highest BCUT2D eigenvalue weighted by atomic mass is 19.4. The molecule has 0 aromatic heterocycles. The lowest BCUT2D eigenvalue weighted by atomic mass is 9.67. The molecule has 112 valence electrons. The van der Waals surface area contributed by atoms with Gasteiger partial charge in [0, 0.05) is 0 Å². The van der Waals surface area contributed by atoms with E-state index in [0.29, 0.717) is 18.8 Å². The van der Waals surface area contributed by atoms with Gasteiger partial charge in [0.1, 0.15) is 0 Å². The summed E-state index contributed by atoms with van der Waals surface area (Å²) in [6, 6.07) is 0. The van der Waals surface area contributed by atoms with Gasteiger partial charge < -0.3 is 5.73 Å². The minimum atomic E-state index is -4.33. The standard InChI is InChI=1S/C13H23F3N2O/c1-11(2,3)9-4-6-12(7-5-9,10(17)19)18-8-13(14,15)16/h9,18H,4-8H2,1-3H3,(H2,17,19). The van der Waals surface area contributed by atoms with Gasteiger partial charge in [-0.05, 0) is 37.0 Å². The van der Waals surface area contributed by atoms with Crippen LogP contribution in [0.15, 0.2) is 0 Å². The van der Waals surface area contributed by atoms with Crippen LogP contribution in [-0.4, -0.2) is 24.2 Å². The first-order chi connectivity index (χ1) is 8.46. The van der Waals surface area contributed by atoms with E-state index >= 15 is 0 Å². The largest absolute Gasteiger partial charge is 0.401 e. The highest BCUT2D eigenvalue weighted by Gasteiger charge is 2.44. The maximum Gasteiger partial charge on any atom is 0.401 e. The Morgan fingerprint density at radius 3 is 2.05 bits per heavy atom. The number of rotatable bonds is 3. The van der Waals surface area contributed by atoms with E-state index in [1.54, 1.807) is 0 Å². The van der Waals surface area contributed by atoms with Crippen molar-refractivity contribution in [2.75, 3.05) is 6.54 Å². The van der Waals surface area contributed by atoms with Gasteiger partial charge in [0.05, 0.1) is 12.1 Å². The Morgan fingerprint density at radius 2 is 1.74 bits per heavy atom. The Bertz CT molecular complexity index is 326. The zero-order valence-electron chi connectivity index (χ0n) is 11.7. The molecule has 1 saturated carbocycles. The van der Waals surface area contributed by atoms with Gasteiger partial charge in [0.25, 0.3) is 0 Å². The maximum absolute atomic E-state index is 12.3. The van der Waals surface area contributed by atoms with Crippen molar-refractivity contribution in [2.24, 2.45) is 17.1 Å². The molecule has 0 spiro atoms. The number of carbonyl (C=O) groups is 1. The van der Waals surface area contributed by atoms with Gasteiger partial charge in [0.15, 0.2) is 0 Å². The summed E-state index contributed by atoms with van der Waals surface area (Å²) in [6.07, 6.45) is -2.14. The van der Waals surface area contributed by atoms with Crippen molar-refractivity contribution >= 4 is 5.91 Å². The molecule has 6 heteroatoms. The van der Waals surface area contributed by atoms with E-state index in [4.69, 9.17) is 5.73 Å². The molecule has 1 aliphatic carbocycles. The molecule has 3 N–H and O–H groups in total. The Labute approximate surface area is 112 Å². The van der Waals surface area contributed by atoms with Crippen molar-refractivity contribution in [3.8, 4) is 0 Å². The van der Waals surface area contributed by atoms with Gasteiger partial charge in [-0.25, -0.2) is 0 Å².